The highest BCUT2D eigenvalue weighted by molar-refractivity contribution is 5.92. The van der Waals surface area contributed by atoms with Crippen LogP contribution in [0.5, 0.6) is 0 Å². The van der Waals surface area contributed by atoms with Gasteiger partial charge in [0.25, 0.3) is 5.91 Å². The van der Waals surface area contributed by atoms with Gasteiger partial charge in [0.2, 0.25) is 0 Å². The summed E-state index contributed by atoms with van der Waals surface area (Å²) in [4.78, 5) is 14.4. The number of carbonyl (C=O) groups is 1. The Kier molecular flexibility index (Phi) is 6.78. The third kappa shape index (κ3) is 4.80. The van der Waals surface area contributed by atoms with Gasteiger partial charge in [-0.05, 0) is 36.4 Å². The Labute approximate surface area is 146 Å². The molecule has 1 fully saturated rings. The molecule has 1 aliphatic rings. The largest absolute Gasteiger partial charge is 0.451 e. The number of halogens is 2. The van der Waals surface area contributed by atoms with Gasteiger partial charge in [-0.1, -0.05) is 0 Å². The second kappa shape index (κ2) is 8.82. The Morgan fingerprint density at radius 3 is 2.58 bits per heavy atom. The fourth-order valence-electron chi connectivity index (χ4n) is 2.58. The summed E-state index contributed by atoms with van der Waals surface area (Å²) in [6, 6.07) is 9.34. The van der Waals surface area contributed by atoms with Crippen LogP contribution < -0.4 is 10.6 Å². The fourth-order valence-corrected chi connectivity index (χ4v) is 2.58. The molecule has 130 valence electrons. The highest BCUT2D eigenvalue weighted by Gasteiger charge is 2.13. The highest BCUT2D eigenvalue weighted by Crippen LogP contribution is 2.22. The van der Waals surface area contributed by atoms with E-state index in [1.54, 1.807) is 24.3 Å². The lowest BCUT2D eigenvalue weighted by molar-refractivity contribution is 0.0920. The van der Waals surface area contributed by atoms with Gasteiger partial charge in [0.1, 0.15) is 11.6 Å². The number of nitrogens with zero attached hydrogens (tertiary/aromatic N) is 1. The molecule has 2 heterocycles. The van der Waals surface area contributed by atoms with Gasteiger partial charge in [0, 0.05) is 44.8 Å². The van der Waals surface area contributed by atoms with E-state index in [1.807, 2.05) is 0 Å². The molecule has 2 aromatic rings. The molecule has 2 N–H and O–H groups in total. The summed E-state index contributed by atoms with van der Waals surface area (Å²) in [7, 11) is 0. The monoisotopic (exact) mass is 353 g/mol. The molecular formula is C17H21ClFN3O2. The van der Waals surface area contributed by atoms with Crippen LogP contribution in [0.25, 0.3) is 11.3 Å². The molecule has 0 radical (unpaired) electrons. The Bertz CT molecular complexity index is 654. The molecule has 0 saturated carbocycles. The first-order valence-electron chi connectivity index (χ1n) is 7.79. The Hall–Kier alpha value is -1.89. The second-order valence-electron chi connectivity index (χ2n) is 5.52. The van der Waals surface area contributed by atoms with Gasteiger partial charge in [-0.25, -0.2) is 4.39 Å². The van der Waals surface area contributed by atoms with Crippen LogP contribution in [0.4, 0.5) is 4.39 Å². The fraction of sp³-hybridized carbons (Fsp3) is 0.353. The minimum atomic E-state index is -0.300. The number of hydrogen-bond acceptors (Lipinski definition) is 4. The average Bonchev–Trinajstić information content (AvgIpc) is 3.06. The lowest BCUT2D eigenvalue weighted by Gasteiger charge is -2.26. The summed E-state index contributed by atoms with van der Waals surface area (Å²) in [6.07, 6.45) is 0. The third-order valence-corrected chi connectivity index (χ3v) is 3.88. The molecule has 0 atom stereocenters. The predicted molar refractivity (Wildman–Crippen MR) is 93.0 cm³/mol. The van der Waals surface area contributed by atoms with E-state index >= 15 is 0 Å². The standard InChI is InChI=1S/C17H20FN3O2.ClH/c18-14-3-1-13(2-4-14)15-5-6-16(23-15)17(22)20-9-12-21-10-7-19-8-11-21;/h1-6,19H,7-12H2,(H,20,22);1H. The van der Waals surface area contributed by atoms with Crippen LogP contribution in [0.3, 0.4) is 0 Å². The molecule has 1 aromatic carbocycles. The number of amides is 1. The molecule has 1 aromatic heterocycles. The summed E-state index contributed by atoms with van der Waals surface area (Å²) in [5.74, 6) is 0.293. The molecule has 0 unspecified atom stereocenters. The number of rotatable bonds is 5. The molecule has 1 amide bonds. The van der Waals surface area contributed by atoms with Crippen molar-refractivity contribution >= 4 is 18.3 Å². The maximum Gasteiger partial charge on any atom is 0.287 e. The van der Waals surface area contributed by atoms with Crippen LogP contribution in [-0.2, 0) is 0 Å². The summed E-state index contributed by atoms with van der Waals surface area (Å²) >= 11 is 0. The van der Waals surface area contributed by atoms with Crippen molar-refractivity contribution in [3.8, 4) is 11.3 Å². The maximum atomic E-state index is 12.9. The van der Waals surface area contributed by atoms with E-state index in [1.165, 1.54) is 12.1 Å². The predicted octanol–water partition coefficient (Wildman–Crippen LogP) is 2.14. The van der Waals surface area contributed by atoms with E-state index < -0.39 is 0 Å². The summed E-state index contributed by atoms with van der Waals surface area (Å²) in [5, 5.41) is 6.16. The minimum Gasteiger partial charge on any atom is -0.451 e. The first-order chi connectivity index (χ1) is 11.2. The number of piperazine rings is 1. The number of hydrogen-bond donors (Lipinski definition) is 2. The molecule has 3 rings (SSSR count). The molecule has 5 nitrogen and oxygen atoms in total. The number of furan rings is 1. The number of nitrogens with one attached hydrogen (secondary N) is 2. The normalized spacial score (nSPS) is 14.9. The van der Waals surface area contributed by atoms with Gasteiger partial charge in [0.05, 0.1) is 0 Å². The van der Waals surface area contributed by atoms with E-state index in [2.05, 4.69) is 15.5 Å². The first kappa shape index (κ1) is 18.4. The van der Waals surface area contributed by atoms with Crippen LogP contribution in [0.1, 0.15) is 10.6 Å². The van der Waals surface area contributed by atoms with E-state index in [-0.39, 0.29) is 29.9 Å². The average molecular weight is 354 g/mol. The lowest BCUT2D eigenvalue weighted by atomic mass is 10.2. The molecule has 1 saturated heterocycles. The van der Waals surface area contributed by atoms with Crippen molar-refractivity contribution in [2.24, 2.45) is 0 Å². The van der Waals surface area contributed by atoms with Gasteiger partial charge < -0.3 is 15.1 Å². The van der Waals surface area contributed by atoms with Crippen LogP contribution >= 0.6 is 12.4 Å². The van der Waals surface area contributed by atoms with E-state index in [0.717, 1.165) is 38.3 Å². The Balaban J connectivity index is 0.00000208. The van der Waals surface area contributed by atoms with Gasteiger partial charge in [-0.3, -0.25) is 9.69 Å². The smallest absolute Gasteiger partial charge is 0.287 e. The van der Waals surface area contributed by atoms with Crippen molar-refractivity contribution < 1.29 is 13.6 Å². The zero-order valence-corrected chi connectivity index (χ0v) is 14.1. The molecule has 1 aliphatic heterocycles. The highest BCUT2D eigenvalue weighted by atomic mass is 35.5. The SMILES string of the molecule is Cl.O=C(NCCN1CCNCC1)c1ccc(-c2ccc(F)cc2)o1. The van der Waals surface area contributed by atoms with Gasteiger partial charge in [0.15, 0.2) is 5.76 Å². The van der Waals surface area contributed by atoms with E-state index in [9.17, 15) is 9.18 Å². The van der Waals surface area contributed by atoms with E-state index in [0.29, 0.717) is 12.3 Å². The summed E-state index contributed by atoms with van der Waals surface area (Å²) in [5.41, 5.74) is 0.742. The van der Waals surface area contributed by atoms with Crippen LogP contribution in [-0.4, -0.2) is 50.1 Å². The molecule has 24 heavy (non-hydrogen) atoms. The van der Waals surface area contributed by atoms with Crippen molar-refractivity contribution in [2.75, 3.05) is 39.3 Å². The van der Waals surface area contributed by atoms with Crippen molar-refractivity contribution in [1.29, 1.82) is 0 Å². The first-order valence-corrected chi connectivity index (χ1v) is 7.79. The van der Waals surface area contributed by atoms with Crippen LogP contribution in [0.2, 0.25) is 0 Å². The number of carbonyl (C=O) groups excluding carboxylic acids is 1. The Morgan fingerprint density at radius 1 is 1.17 bits per heavy atom. The van der Waals surface area contributed by atoms with Crippen molar-refractivity contribution in [3.63, 3.8) is 0 Å². The lowest BCUT2D eigenvalue weighted by Crippen LogP contribution is -2.46. The molecule has 0 aliphatic carbocycles. The second-order valence-corrected chi connectivity index (χ2v) is 5.52. The molecule has 0 bridgehead atoms. The van der Waals surface area contributed by atoms with Crippen molar-refractivity contribution in [2.45, 2.75) is 0 Å². The molecule has 0 spiro atoms. The van der Waals surface area contributed by atoms with Gasteiger partial charge in [-0.2, -0.15) is 0 Å². The zero-order chi connectivity index (χ0) is 16.1. The van der Waals surface area contributed by atoms with Crippen LogP contribution in [0.15, 0.2) is 40.8 Å². The zero-order valence-electron chi connectivity index (χ0n) is 13.3. The van der Waals surface area contributed by atoms with Gasteiger partial charge >= 0.3 is 0 Å². The van der Waals surface area contributed by atoms with Gasteiger partial charge in [-0.15, -0.1) is 12.4 Å². The molecule has 7 heteroatoms. The third-order valence-electron chi connectivity index (χ3n) is 3.88. The number of benzene rings is 1. The van der Waals surface area contributed by atoms with Crippen molar-refractivity contribution in [3.05, 3.63) is 48.0 Å². The maximum absolute atomic E-state index is 12.9. The quantitative estimate of drug-likeness (QED) is 0.864. The molecular weight excluding hydrogens is 333 g/mol. The van der Waals surface area contributed by atoms with Crippen LogP contribution in [0, 0.1) is 5.82 Å². The van der Waals surface area contributed by atoms with Crippen molar-refractivity contribution in [1.82, 2.24) is 15.5 Å². The Morgan fingerprint density at radius 2 is 1.88 bits per heavy atom. The minimum absolute atomic E-state index is 0. The van der Waals surface area contributed by atoms with E-state index in [4.69, 9.17) is 4.42 Å². The summed E-state index contributed by atoms with van der Waals surface area (Å²) < 4.78 is 18.5. The topological polar surface area (TPSA) is 57.5 Å². The summed E-state index contributed by atoms with van der Waals surface area (Å²) in [6.45, 7) is 5.42.